The van der Waals surface area contributed by atoms with E-state index in [1.165, 1.54) is 0 Å². The van der Waals surface area contributed by atoms with E-state index in [1.54, 1.807) is 0 Å². The van der Waals surface area contributed by atoms with Crippen LogP contribution < -0.4 is 10.2 Å². The van der Waals surface area contributed by atoms with Crippen molar-refractivity contribution in [3.05, 3.63) is 65.7 Å². The summed E-state index contributed by atoms with van der Waals surface area (Å²) >= 11 is 0. The van der Waals surface area contributed by atoms with E-state index in [1.807, 2.05) is 47.4 Å². The Bertz CT molecular complexity index is 769. The number of carbonyl (C=O) groups excluding carboxylic acids is 2. The molecule has 142 valence electrons. The Balaban J connectivity index is 1.62. The highest BCUT2D eigenvalue weighted by atomic mass is 16.2. The molecule has 1 atom stereocenters. The monoisotopic (exact) mass is 364 g/mol. The summed E-state index contributed by atoms with van der Waals surface area (Å²) < 4.78 is 0. The van der Waals surface area contributed by atoms with Gasteiger partial charge in [-0.3, -0.25) is 9.59 Å². The van der Waals surface area contributed by atoms with E-state index in [0.717, 1.165) is 36.2 Å². The molecule has 2 aromatic rings. The van der Waals surface area contributed by atoms with Gasteiger partial charge in [-0.05, 0) is 42.0 Å². The highest BCUT2D eigenvalue weighted by Gasteiger charge is 2.21. The molecule has 1 unspecified atom stereocenters. The van der Waals surface area contributed by atoms with E-state index in [2.05, 4.69) is 31.3 Å². The van der Waals surface area contributed by atoms with Gasteiger partial charge in [0.25, 0.3) is 0 Å². The van der Waals surface area contributed by atoms with Crippen LogP contribution in [0.3, 0.4) is 0 Å². The topological polar surface area (TPSA) is 49.4 Å². The molecule has 1 saturated heterocycles. The fourth-order valence-electron chi connectivity index (χ4n) is 3.58. The van der Waals surface area contributed by atoms with Crippen molar-refractivity contribution in [2.24, 2.45) is 5.92 Å². The van der Waals surface area contributed by atoms with Crippen LogP contribution in [0, 0.1) is 5.92 Å². The second-order valence-corrected chi connectivity index (χ2v) is 7.65. The van der Waals surface area contributed by atoms with Crippen molar-refractivity contribution in [2.45, 2.75) is 45.6 Å². The minimum atomic E-state index is 0.0227. The number of rotatable bonds is 7. The number of hydrogen-bond acceptors (Lipinski definition) is 2. The number of carbonyl (C=O) groups is 2. The maximum atomic E-state index is 12.6. The van der Waals surface area contributed by atoms with Crippen LogP contribution >= 0.6 is 0 Å². The predicted octanol–water partition coefficient (Wildman–Crippen LogP) is 4.26. The normalized spacial score (nSPS) is 15.2. The molecule has 1 heterocycles. The SMILES string of the molecule is CC(C)CC(NC(=O)Cc1ccc(N2CCCC2=O)cc1)c1ccccc1. The first-order valence-electron chi connectivity index (χ1n) is 9.76. The van der Waals surface area contributed by atoms with Crippen LogP contribution in [0.1, 0.15) is 50.3 Å². The van der Waals surface area contributed by atoms with Gasteiger partial charge in [0.2, 0.25) is 11.8 Å². The second kappa shape index (κ2) is 8.85. The summed E-state index contributed by atoms with van der Waals surface area (Å²) in [6.45, 7) is 5.12. The maximum Gasteiger partial charge on any atom is 0.227 e. The summed E-state index contributed by atoms with van der Waals surface area (Å²) in [5.41, 5.74) is 3.02. The summed E-state index contributed by atoms with van der Waals surface area (Å²) in [7, 11) is 0. The lowest BCUT2D eigenvalue weighted by Gasteiger charge is -2.21. The number of anilines is 1. The summed E-state index contributed by atoms with van der Waals surface area (Å²) in [6.07, 6.45) is 2.79. The number of nitrogens with zero attached hydrogens (tertiary/aromatic N) is 1. The first-order valence-corrected chi connectivity index (χ1v) is 9.76. The Morgan fingerprint density at radius 2 is 1.78 bits per heavy atom. The fraction of sp³-hybridized carbons (Fsp3) is 0.391. The molecule has 1 aliphatic rings. The quantitative estimate of drug-likeness (QED) is 0.798. The average molecular weight is 364 g/mol. The first kappa shape index (κ1) is 19.2. The largest absolute Gasteiger partial charge is 0.349 e. The molecular weight excluding hydrogens is 336 g/mol. The zero-order chi connectivity index (χ0) is 19.2. The maximum absolute atomic E-state index is 12.6. The van der Waals surface area contributed by atoms with Crippen LogP contribution in [0.2, 0.25) is 0 Å². The zero-order valence-corrected chi connectivity index (χ0v) is 16.2. The smallest absolute Gasteiger partial charge is 0.227 e. The van der Waals surface area contributed by atoms with Crippen molar-refractivity contribution in [3.8, 4) is 0 Å². The molecule has 0 aliphatic carbocycles. The van der Waals surface area contributed by atoms with Gasteiger partial charge in [0.05, 0.1) is 12.5 Å². The molecule has 0 radical (unpaired) electrons. The molecule has 0 aromatic heterocycles. The van der Waals surface area contributed by atoms with Gasteiger partial charge >= 0.3 is 0 Å². The standard InChI is InChI=1S/C23H28N2O2/c1-17(2)15-21(19-7-4-3-5-8-19)24-22(26)16-18-10-12-20(13-11-18)25-14-6-9-23(25)27/h3-5,7-8,10-13,17,21H,6,9,14-16H2,1-2H3,(H,24,26). The van der Waals surface area contributed by atoms with E-state index >= 15 is 0 Å². The molecular formula is C23H28N2O2. The van der Waals surface area contributed by atoms with Gasteiger partial charge in [0.15, 0.2) is 0 Å². The summed E-state index contributed by atoms with van der Waals surface area (Å²) in [5, 5.41) is 3.19. The van der Waals surface area contributed by atoms with Crippen molar-refractivity contribution in [3.63, 3.8) is 0 Å². The van der Waals surface area contributed by atoms with Crippen molar-refractivity contribution >= 4 is 17.5 Å². The molecule has 1 aliphatic heterocycles. The van der Waals surface area contributed by atoms with E-state index in [4.69, 9.17) is 0 Å². The second-order valence-electron chi connectivity index (χ2n) is 7.65. The zero-order valence-electron chi connectivity index (χ0n) is 16.2. The van der Waals surface area contributed by atoms with E-state index in [9.17, 15) is 9.59 Å². The van der Waals surface area contributed by atoms with Crippen LogP contribution in [-0.4, -0.2) is 18.4 Å². The Kier molecular flexibility index (Phi) is 6.28. The number of hydrogen-bond donors (Lipinski definition) is 1. The first-order chi connectivity index (χ1) is 13.0. The lowest BCUT2D eigenvalue weighted by molar-refractivity contribution is -0.121. The number of nitrogens with one attached hydrogen (secondary N) is 1. The molecule has 4 heteroatoms. The van der Waals surface area contributed by atoms with Crippen LogP contribution in [-0.2, 0) is 16.0 Å². The molecule has 4 nitrogen and oxygen atoms in total. The van der Waals surface area contributed by atoms with Crippen molar-refractivity contribution in [1.29, 1.82) is 0 Å². The molecule has 2 aromatic carbocycles. The van der Waals surface area contributed by atoms with Gasteiger partial charge in [-0.25, -0.2) is 0 Å². The van der Waals surface area contributed by atoms with Gasteiger partial charge in [-0.2, -0.15) is 0 Å². The summed E-state index contributed by atoms with van der Waals surface area (Å²) in [5.74, 6) is 0.696. The van der Waals surface area contributed by atoms with Crippen molar-refractivity contribution in [2.75, 3.05) is 11.4 Å². The Hall–Kier alpha value is -2.62. The molecule has 0 bridgehead atoms. The molecule has 0 spiro atoms. The minimum absolute atomic E-state index is 0.0227. The lowest BCUT2D eigenvalue weighted by Crippen LogP contribution is -2.30. The van der Waals surface area contributed by atoms with Crippen LogP contribution in [0.25, 0.3) is 0 Å². The Morgan fingerprint density at radius 1 is 1.07 bits per heavy atom. The third-order valence-corrected chi connectivity index (χ3v) is 4.93. The highest BCUT2D eigenvalue weighted by molar-refractivity contribution is 5.95. The van der Waals surface area contributed by atoms with Crippen LogP contribution in [0.15, 0.2) is 54.6 Å². The minimum Gasteiger partial charge on any atom is -0.349 e. The molecule has 1 N–H and O–H groups in total. The van der Waals surface area contributed by atoms with Crippen molar-refractivity contribution in [1.82, 2.24) is 5.32 Å². The number of amides is 2. The van der Waals surface area contributed by atoms with Gasteiger partial charge < -0.3 is 10.2 Å². The number of benzene rings is 2. The Labute approximate surface area is 161 Å². The Morgan fingerprint density at radius 3 is 2.37 bits per heavy atom. The predicted molar refractivity (Wildman–Crippen MR) is 109 cm³/mol. The average Bonchev–Trinajstić information content (AvgIpc) is 3.08. The van der Waals surface area contributed by atoms with Crippen LogP contribution in [0.5, 0.6) is 0 Å². The van der Waals surface area contributed by atoms with E-state index in [0.29, 0.717) is 18.8 Å². The van der Waals surface area contributed by atoms with Crippen molar-refractivity contribution < 1.29 is 9.59 Å². The van der Waals surface area contributed by atoms with Gasteiger partial charge in [0.1, 0.15) is 0 Å². The van der Waals surface area contributed by atoms with Gasteiger partial charge in [0, 0.05) is 18.7 Å². The molecule has 3 rings (SSSR count). The molecule has 27 heavy (non-hydrogen) atoms. The highest BCUT2D eigenvalue weighted by Crippen LogP contribution is 2.23. The summed E-state index contributed by atoms with van der Waals surface area (Å²) in [6, 6.07) is 17.9. The van der Waals surface area contributed by atoms with E-state index in [-0.39, 0.29) is 17.9 Å². The molecule has 0 saturated carbocycles. The molecule has 1 fully saturated rings. The summed E-state index contributed by atoms with van der Waals surface area (Å²) in [4.78, 5) is 26.3. The molecule has 2 amide bonds. The lowest BCUT2D eigenvalue weighted by atomic mass is 9.96. The van der Waals surface area contributed by atoms with Gasteiger partial charge in [-0.1, -0.05) is 56.3 Å². The van der Waals surface area contributed by atoms with E-state index < -0.39 is 0 Å². The fourth-order valence-corrected chi connectivity index (χ4v) is 3.58. The third kappa shape index (κ3) is 5.19. The third-order valence-electron chi connectivity index (χ3n) is 4.93. The van der Waals surface area contributed by atoms with Gasteiger partial charge in [-0.15, -0.1) is 0 Å². The van der Waals surface area contributed by atoms with Crippen LogP contribution in [0.4, 0.5) is 5.69 Å².